The summed E-state index contributed by atoms with van der Waals surface area (Å²) in [5.74, 6) is -0.245. The van der Waals surface area contributed by atoms with Crippen molar-refractivity contribution < 1.29 is 4.39 Å². The molecule has 0 aliphatic heterocycles. The Balaban J connectivity index is 2.69. The molecule has 0 bridgehead atoms. The number of rotatable bonds is 4. The van der Waals surface area contributed by atoms with Crippen molar-refractivity contribution in [2.75, 3.05) is 0 Å². The largest absolute Gasteiger partial charge is 0.308 e. The average Bonchev–Trinajstić information content (AvgIpc) is 2.20. The second kappa shape index (κ2) is 4.95. The maximum atomic E-state index is 13.0. The van der Waals surface area contributed by atoms with Crippen LogP contribution < -0.4 is 5.32 Å². The van der Waals surface area contributed by atoms with Gasteiger partial charge in [-0.05, 0) is 44.0 Å². The second-order valence-electron chi connectivity index (χ2n) is 4.33. The standard InChI is InChI=1S/C12H17ClFN/c1-4-12(2,3)15-8-9-7-10(14)5-6-11(9)13/h5-7,15H,4,8H2,1-3H3. The van der Waals surface area contributed by atoms with Crippen LogP contribution in [-0.4, -0.2) is 5.54 Å². The molecule has 0 aliphatic rings. The van der Waals surface area contributed by atoms with Gasteiger partial charge in [0, 0.05) is 17.1 Å². The Morgan fingerprint density at radius 3 is 2.67 bits per heavy atom. The summed E-state index contributed by atoms with van der Waals surface area (Å²) < 4.78 is 13.0. The molecule has 1 N–H and O–H groups in total. The highest BCUT2D eigenvalue weighted by molar-refractivity contribution is 6.31. The monoisotopic (exact) mass is 229 g/mol. The van der Waals surface area contributed by atoms with E-state index in [0.717, 1.165) is 12.0 Å². The van der Waals surface area contributed by atoms with Crippen LogP contribution in [0.1, 0.15) is 32.8 Å². The molecule has 0 aromatic heterocycles. The van der Waals surface area contributed by atoms with Gasteiger partial charge in [0.25, 0.3) is 0 Å². The van der Waals surface area contributed by atoms with Crippen molar-refractivity contribution in [3.8, 4) is 0 Å². The lowest BCUT2D eigenvalue weighted by atomic mass is 10.0. The molecule has 0 saturated heterocycles. The molecular formula is C12H17ClFN. The van der Waals surface area contributed by atoms with Gasteiger partial charge >= 0.3 is 0 Å². The van der Waals surface area contributed by atoms with E-state index in [1.165, 1.54) is 12.1 Å². The first-order valence-electron chi connectivity index (χ1n) is 5.13. The summed E-state index contributed by atoms with van der Waals surface area (Å²) >= 11 is 5.96. The minimum atomic E-state index is -0.245. The Morgan fingerprint density at radius 2 is 2.07 bits per heavy atom. The number of nitrogens with one attached hydrogen (secondary N) is 1. The van der Waals surface area contributed by atoms with Crippen molar-refractivity contribution in [1.29, 1.82) is 0 Å². The molecule has 1 aromatic carbocycles. The van der Waals surface area contributed by atoms with Gasteiger partial charge in [0.15, 0.2) is 0 Å². The molecular weight excluding hydrogens is 213 g/mol. The van der Waals surface area contributed by atoms with Gasteiger partial charge < -0.3 is 5.32 Å². The topological polar surface area (TPSA) is 12.0 Å². The molecule has 0 radical (unpaired) electrons. The van der Waals surface area contributed by atoms with E-state index < -0.39 is 0 Å². The van der Waals surface area contributed by atoms with E-state index in [1.54, 1.807) is 6.07 Å². The Labute approximate surface area is 95.6 Å². The number of hydrogen-bond acceptors (Lipinski definition) is 1. The third-order valence-electron chi connectivity index (χ3n) is 2.65. The van der Waals surface area contributed by atoms with Crippen LogP contribution in [-0.2, 0) is 6.54 Å². The summed E-state index contributed by atoms with van der Waals surface area (Å²) in [5, 5.41) is 3.95. The molecule has 0 spiro atoms. The van der Waals surface area contributed by atoms with Crippen molar-refractivity contribution in [1.82, 2.24) is 5.32 Å². The summed E-state index contributed by atoms with van der Waals surface area (Å²) in [5.41, 5.74) is 0.855. The maximum Gasteiger partial charge on any atom is 0.123 e. The highest BCUT2D eigenvalue weighted by atomic mass is 35.5. The summed E-state index contributed by atoms with van der Waals surface area (Å²) in [4.78, 5) is 0. The van der Waals surface area contributed by atoms with Crippen LogP contribution in [0.25, 0.3) is 0 Å². The van der Waals surface area contributed by atoms with Crippen LogP contribution in [0.2, 0.25) is 5.02 Å². The van der Waals surface area contributed by atoms with E-state index in [4.69, 9.17) is 11.6 Å². The van der Waals surface area contributed by atoms with E-state index >= 15 is 0 Å². The average molecular weight is 230 g/mol. The van der Waals surface area contributed by atoms with Crippen molar-refractivity contribution >= 4 is 11.6 Å². The molecule has 0 heterocycles. The summed E-state index contributed by atoms with van der Waals surface area (Å²) in [6.45, 7) is 6.93. The Bertz CT molecular complexity index is 336. The molecule has 0 saturated carbocycles. The first-order valence-corrected chi connectivity index (χ1v) is 5.51. The van der Waals surface area contributed by atoms with Crippen LogP contribution in [0.4, 0.5) is 4.39 Å². The summed E-state index contributed by atoms with van der Waals surface area (Å²) in [6, 6.07) is 4.44. The number of hydrogen-bond donors (Lipinski definition) is 1. The van der Waals surface area contributed by atoms with E-state index in [1.807, 2.05) is 0 Å². The van der Waals surface area contributed by atoms with E-state index in [0.29, 0.717) is 11.6 Å². The van der Waals surface area contributed by atoms with Gasteiger partial charge in [-0.15, -0.1) is 0 Å². The zero-order valence-corrected chi connectivity index (χ0v) is 10.2. The van der Waals surface area contributed by atoms with E-state index in [2.05, 4.69) is 26.1 Å². The normalized spacial score (nSPS) is 11.8. The number of benzene rings is 1. The van der Waals surface area contributed by atoms with Gasteiger partial charge in [-0.1, -0.05) is 18.5 Å². The zero-order valence-electron chi connectivity index (χ0n) is 9.40. The lowest BCUT2D eigenvalue weighted by molar-refractivity contribution is 0.374. The smallest absolute Gasteiger partial charge is 0.123 e. The fourth-order valence-electron chi connectivity index (χ4n) is 1.14. The molecule has 0 amide bonds. The first-order chi connectivity index (χ1) is 6.94. The van der Waals surface area contributed by atoms with Crippen molar-refractivity contribution in [3.63, 3.8) is 0 Å². The molecule has 1 aromatic rings. The quantitative estimate of drug-likeness (QED) is 0.829. The second-order valence-corrected chi connectivity index (χ2v) is 4.73. The molecule has 0 aliphatic carbocycles. The van der Waals surface area contributed by atoms with Crippen LogP contribution >= 0.6 is 11.6 Å². The Morgan fingerprint density at radius 1 is 1.40 bits per heavy atom. The molecule has 1 nitrogen and oxygen atoms in total. The van der Waals surface area contributed by atoms with Gasteiger partial charge in [0.05, 0.1) is 0 Å². The third kappa shape index (κ3) is 3.80. The van der Waals surface area contributed by atoms with Crippen LogP contribution in [0.5, 0.6) is 0 Å². The van der Waals surface area contributed by atoms with Gasteiger partial charge in [-0.3, -0.25) is 0 Å². The summed E-state index contributed by atoms with van der Waals surface area (Å²) in [6.07, 6.45) is 1.01. The van der Waals surface area contributed by atoms with Gasteiger partial charge in [0.1, 0.15) is 5.82 Å². The van der Waals surface area contributed by atoms with Gasteiger partial charge in [0.2, 0.25) is 0 Å². The molecule has 1 rings (SSSR count). The van der Waals surface area contributed by atoms with Gasteiger partial charge in [-0.25, -0.2) is 4.39 Å². The fraction of sp³-hybridized carbons (Fsp3) is 0.500. The zero-order chi connectivity index (χ0) is 11.5. The van der Waals surface area contributed by atoms with Crippen molar-refractivity contribution in [2.24, 2.45) is 0 Å². The van der Waals surface area contributed by atoms with Crippen molar-refractivity contribution in [2.45, 2.75) is 39.3 Å². The molecule has 3 heteroatoms. The highest BCUT2D eigenvalue weighted by Gasteiger charge is 2.14. The molecule has 15 heavy (non-hydrogen) atoms. The van der Waals surface area contributed by atoms with E-state index in [-0.39, 0.29) is 11.4 Å². The minimum Gasteiger partial charge on any atom is -0.308 e. The lowest BCUT2D eigenvalue weighted by Crippen LogP contribution is -2.37. The van der Waals surface area contributed by atoms with Crippen LogP contribution in [0.15, 0.2) is 18.2 Å². The fourth-order valence-corrected chi connectivity index (χ4v) is 1.32. The van der Waals surface area contributed by atoms with Gasteiger partial charge in [-0.2, -0.15) is 0 Å². The maximum absolute atomic E-state index is 13.0. The highest BCUT2D eigenvalue weighted by Crippen LogP contribution is 2.18. The molecule has 0 unspecified atom stereocenters. The molecule has 0 atom stereocenters. The van der Waals surface area contributed by atoms with Crippen molar-refractivity contribution in [3.05, 3.63) is 34.6 Å². The summed E-state index contributed by atoms with van der Waals surface area (Å²) in [7, 11) is 0. The first kappa shape index (κ1) is 12.5. The predicted octanol–water partition coefficient (Wildman–Crippen LogP) is 3.76. The van der Waals surface area contributed by atoms with Crippen LogP contribution in [0.3, 0.4) is 0 Å². The lowest BCUT2D eigenvalue weighted by Gasteiger charge is -2.24. The Hall–Kier alpha value is -0.600. The van der Waals surface area contributed by atoms with Crippen LogP contribution in [0, 0.1) is 5.82 Å². The minimum absolute atomic E-state index is 0.0512. The SMILES string of the molecule is CCC(C)(C)NCc1cc(F)ccc1Cl. The van der Waals surface area contributed by atoms with E-state index in [9.17, 15) is 4.39 Å². The molecule has 84 valence electrons. The molecule has 0 fully saturated rings. The number of halogens is 2. The Kier molecular flexibility index (Phi) is 4.12. The predicted molar refractivity (Wildman–Crippen MR) is 62.6 cm³/mol. The third-order valence-corrected chi connectivity index (χ3v) is 3.02.